The first kappa shape index (κ1) is 20.0. The predicted molar refractivity (Wildman–Crippen MR) is 90.6 cm³/mol. The summed E-state index contributed by atoms with van der Waals surface area (Å²) in [4.78, 5) is 3.86. The summed E-state index contributed by atoms with van der Waals surface area (Å²) in [5.74, 6) is -0.0926. The Bertz CT molecular complexity index is 612. The van der Waals surface area contributed by atoms with Crippen molar-refractivity contribution in [3.8, 4) is 5.88 Å². The van der Waals surface area contributed by atoms with Crippen LogP contribution in [0.2, 0.25) is 15.2 Å². The summed E-state index contributed by atoms with van der Waals surface area (Å²) in [7, 11) is 3.94. The van der Waals surface area contributed by atoms with Gasteiger partial charge in [0.2, 0.25) is 5.88 Å². The highest BCUT2D eigenvalue weighted by Crippen LogP contribution is 2.65. The number of halogens is 3. The van der Waals surface area contributed by atoms with Crippen LogP contribution in [0.15, 0.2) is 6.07 Å². The number of aromatic nitrogens is 1. The molecule has 0 saturated heterocycles. The first-order chi connectivity index (χ1) is 9.68. The van der Waals surface area contributed by atoms with Crippen LogP contribution < -0.4 is 4.52 Å². The van der Waals surface area contributed by atoms with Crippen LogP contribution in [0.5, 0.6) is 5.88 Å². The molecular formula is C8H10Cl3NO5P2S2. The second-order valence-electron chi connectivity index (χ2n) is 3.16. The average Bonchev–Trinajstić information content (AvgIpc) is 2.44. The van der Waals surface area contributed by atoms with E-state index < -0.39 is 13.4 Å². The summed E-state index contributed by atoms with van der Waals surface area (Å²) in [6, 6.07) is 1.35. The molecule has 0 spiro atoms. The third kappa shape index (κ3) is 5.52. The molecule has 1 rings (SSSR count). The Kier molecular flexibility index (Phi) is 7.79. The summed E-state index contributed by atoms with van der Waals surface area (Å²) in [5, 5.41) is 0.244. The van der Waals surface area contributed by atoms with Gasteiger partial charge in [-0.2, -0.15) is 4.98 Å². The highest BCUT2D eigenvalue weighted by Gasteiger charge is 2.33. The Balaban J connectivity index is 3.10. The molecule has 0 N–H and O–H groups in total. The minimum absolute atomic E-state index is 0.00774. The van der Waals surface area contributed by atoms with E-state index in [1.807, 2.05) is 0 Å². The Morgan fingerprint density at radius 2 is 1.48 bits per heavy atom. The van der Waals surface area contributed by atoms with E-state index in [1.54, 1.807) is 0 Å². The van der Waals surface area contributed by atoms with Crippen molar-refractivity contribution in [2.45, 2.75) is 0 Å². The summed E-state index contributed by atoms with van der Waals surface area (Å²) < 4.78 is 25.8. The van der Waals surface area contributed by atoms with Crippen molar-refractivity contribution >= 4 is 71.9 Å². The van der Waals surface area contributed by atoms with Gasteiger partial charge in [0.15, 0.2) is 5.15 Å². The summed E-state index contributed by atoms with van der Waals surface area (Å²) in [6.07, 6.45) is 0. The minimum Gasteiger partial charge on any atom is -0.404 e. The quantitative estimate of drug-likeness (QED) is 0.449. The van der Waals surface area contributed by atoms with Crippen LogP contribution >= 0.6 is 48.2 Å². The smallest absolute Gasteiger partial charge is 0.388 e. The Morgan fingerprint density at radius 1 is 0.952 bits per heavy atom. The van der Waals surface area contributed by atoms with Gasteiger partial charge in [0, 0.05) is 33.1 Å². The van der Waals surface area contributed by atoms with Gasteiger partial charge in [0.05, 0.1) is 5.02 Å². The molecule has 120 valence electrons. The van der Waals surface area contributed by atoms with Crippen molar-refractivity contribution in [2.24, 2.45) is 0 Å². The second-order valence-corrected chi connectivity index (χ2v) is 10.7. The van der Waals surface area contributed by atoms with Crippen LogP contribution in [0.4, 0.5) is 0 Å². The van der Waals surface area contributed by atoms with E-state index >= 15 is 0 Å². The molecule has 0 fully saturated rings. The van der Waals surface area contributed by atoms with Gasteiger partial charge in [0.1, 0.15) is 5.02 Å². The molecule has 0 saturated carbocycles. The van der Waals surface area contributed by atoms with Crippen molar-refractivity contribution in [3.63, 3.8) is 0 Å². The van der Waals surface area contributed by atoms with E-state index in [0.29, 0.717) is 0 Å². The second kappa shape index (κ2) is 8.18. The first-order valence-corrected chi connectivity index (χ1v) is 11.2. The minimum atomic E-state index is -3.36. The lowest BCUT2D eigenvalue weighted by molar-refractivity contribution is 0.244. The fourth-order valence-electron chi connectivity index (χ4n) is 0.949. The maximum absolute atomic E-state index is 5.95. The zero-order valence-electron chi connectivity index (χ0n) is 10.9. The molecule has 1 aromatic rings. The zero-order valence-corrected chi connectivity index (χ0v) is 16.6. The molecule has 0 aliphatic rings. The van der Waals surface area contributed by atoms with Crippen LogP contribution in [0.1, 0.15) is 0 Å². The van der Waals surface area contributed by atoms with Crippen LogP contribution in [-0.2, 0) is 41.5 Å². The van der Waals surface area contributed by atoms with Crippen molar-refractivity contribution in [2.75, 3.05) is 21.3 Å². The van der Waals surface area contributed by atoms with E-state index in [4.69, 9.17) is 80.8 Å². The molecule has 21 heavy (non-hydrogen) atoms. The fourth-order valence-corrected chi connectivity index (χ4v) is 6.19. The Labute approximate surface area is 147 Å². The fraction of sp³-hybridized carbons (Fsp3) is 0.375. The summed E-state index contributed by atoms with van der Waals surface area (Å²) in [6.45, 7) is -6.45. The number of nitrogens with zero attached hydrogens (tertiary/aromatic N) is 1. The molecule has 0 radical (unpaired) electrons. The molecular weight excluding hydrogens is 423 g/mol. The molecule has 0 aromatic carbocycles. The van der Waals surface area contributed by atoms with Gasteiger partial charge in [0.25, 0.3) is 0 Å². The van der Waals surface area contributed by atoms with E-state index in [0.717, 1.165) is 0 Å². The summed E-state index contributed by atoms with van der Waals surface area (Å²) in [5.41, 5.74) is 0. The number of hydrogen-bond donors (Lipinski definition) is 0. The molecule has 1 aromatic heterocycles. The molecule has 0 amide bonds. The molecule has 1 unspecified atom stereocenters. The van der Waals surface area contributed by atoms with Gasteiger partial charge < -0.3 is 18.1 Å². The average molecular weight is 433 g/mol. The highest BCUT2D eigenvalue weighted by atomic mass is 35.5. The van der Waals surface area contributed by atoms with Gasteiger partial charge >= 0.3 is 13.4 Å². The van der Waals surface area contributed by atoms with Gasteiger partial charge in [-0.3, -0.25) is 0 Å². The molecule has 1 atom stereocenters. The van der Waals surface area contributed by atoms with Crippen molar-refractivity contribution < 1.29 is 22.4 Å². The Hall–Kier alpha value is 0.960. The third-order valence-corrected chi connectivity index (χ3v) is 8.97. The van der Waals surface area contributed by atoms with Gasteiger partial charge in [-0.05, 0) is 17.9 Å². The van der Waals surface area contributed by atoms with E-state index in [1.165, 1.54) is 27.4 Å². The van der Waals surface area contributed by atoms with Crippen molar-refractivity contribution in [1.82, 2.24) is 4.98 Å². The topological polar surface area (TPSA) is 59.0 Å². The standard InChI is InChI=1S/C8H10Cl3NO5P2S2/c1-13-18(20,14-2)17-19(21,15-3)16-8-6(10)4-5(9)7(11)12-8/h4H,1-3H3. The molecule has 13 heteroatoms. The highest BCUT2D eigenvalue weighted by molar-refractivity contribution is 8.14. The maximum atomic E-state index is 5.95. The van der Waals surface area contributed by atoms with Crippen molar-refractivity contribution in [1.29, 1.82) is 0 Å². The lowest BCUT2D eigenvalue weighted by Crippen LogP contribution is -2.02. The number of hydrogen-bond acceptors (Lipinski definition) is 8. The molecule has 1 heterocycles. The molecule has 6 nitrogen and oxygen atoms in total. The van der Waals surface area contributed by atoms with Gasteiger partial charge in [-0.1, -0.05) is 34.8 Å². The van der Waals surface area contributed by atoms with E-state index in [-0.39, 0.29) is 21.1 Å². The zero-order chi connectivity index (χ0) is 16.3. The van der Waals surface area contributed by atoms with Gasteiger partial charge in [-0.15, -0.1) is 0 Å². The SMILES string of the molecule is COP(=S)(OC)OP(=S)(OC)Oc1nc(Cl)c(Cl)cc1Cl. The maximum Gasteiger partial charge on any atom is 0.388 e. The van der Waals surface area contributed by atoms with Gasteiger partial charge in [-0.25, -0.2) is 4.31 Å². The van der Waals surface area contributed by atoms with E-state index in [2.05, 4.69) is 4.98 Å². The number of rotatable bonds is 7. The summed E-state index contributed by atoms with van der Waals surface area (Å²) >= 11 is 27.8. The first-order valence-electron chi connectivity index (χ1n) is 4.98. The normalized spacial score (nSPS) is 14.8. The van der Waals surface area contributed by atoms with E-state index in [9.17, 15) is 0 Å². The van der Waals surface area contributed by atoms with Crippen LogP contribution in [0, 0.1) is 0 Å². The molecule has 0 bridgehead atoms. The van der Waals surface area contributed by atoms with Crippen LogP contribution in [0.3, 0.4) is 0 Å². The Morgan fingerprint density at radius 3 is 1.95 bits per heavy atom. The van der Waals surface area contributed by atoms with Crippen molar-refractivity contribution in [3.05, 3.63) is 21.3 Å². The van der Waals surface area contributed by atoms with Crippen LogP contribution in [0.25, 0.3) is 0 Å². The lowest BCUT2D eigenvalue weighted by Gasteiger charge is -2.25. The van der Waals surface area contributed by atoms with Crippen LogP contribution in [-0.4, -0.2) is 26.3 Å². The number of pyridine rings is 1. The monoisotopic (exact) mass is 431 g/mol. The largest absolute Gasteiger partial charge is 0.404 e. The molecule has 0 aliphatic carbocycles. The molecule has 0 aliphatic heterocycles. The lowest BCUT2D eigenvalue weighted by atomic mass is 10.5. The third-order valence-electron chi connectivity index (χ3n) is 1.92. The predicted octanol–water partition coefficient (Wildman–Crippen LogP) is 4.83.